The Kier molecular flexibility index (Phi) is 2.13. The highest BCUT2D eigenvalue weighted by Crippen LogP contribution is 2.04. The molecule has 0 unspecified atom stereocenters. The molecule has 56 valence electrons. The van der Waals surface area contributed by atoms with Crippen LogP contribution in [-0.4, -0.2) is 14.8 Å². The lowest BCUT2D eigenvalue weighted by atomic mass is 10.9. The molecule has 0 aromatic carbocycles. The third kappa shape index (κ3) is 1.50. The number of carbonyl (C=O) groups excluding carboxylic acids is 1. The maximum atomic E-state index is 10.6. The molecule has 0 spiro atoms. The van der Waals surface area contributed by atoms with Crippen molar-refractivity contribution in [2.45, 2.75) is 0 Å². The van der Waals surface area contributed by atoms with Crippen LogP contribution in [0.2, 0.25) is 0 Å². The number of carbonyl (C=O) groups is 1. The third-order valence-electron chi connectivity index (χ3n) is 1.01. The fraction of sp³-hybridized carbons (Fsp3) is 0. The average molecular weight is 168 g/mol. The van der Waals surface area contributed by atoms with Crippen LogP contribution in [-0.2, 0) is 0 Å². The van der Waals surface area contributed by atoms with Crippen LogP contribution in [0.1, 0.15) is 0 Å². The molecule has 0 aliphatic carbocycles. The number of hydrogen-bond donors (Lipinski definition) is 2. The number of nitrogens with one attached hydrogen (secondary N) is 1. The number of anilines is 1. The first-order chi connectivity index (χ1) is 5.25. The molecule has 0 fully saturated rings. The Hall–Kier alpha value is -1.48. The second kappa shape index (κ2) is 3.07. The van der Waals surface area contributed by atoms with E-state index in [2.05, 4.69) is 22.9 Å². The summed E-state index contributed by atoms with van der Waals surface area (Å²) < 4.78 is 1.12. The third-order valence-corrected chi connectivity index (χ3v) is 1.23. The molecule has 11 heavy (non-hydrogen) atoms. The van der Waals surface area contributed by atoms with E-state index in [4.69, 9.17) is 5.26 Å². The summed E-state index contributed by atoms with van der Waals surface area (Å²) in [7, 11) is 0. The van der Waals surface area contributed by atoms with Crippen LogP contribution in [0.15, 0.2) is 12.4 Å². The molecule has 0 amide bonds. The summed E-state index contributed by atoms with van der Waals surface area (Å²) in [6.07, 6.45) is 4.45. The molecule has 0 bridgehead atoms. The zero-order valence-corrected chi connectivity index (χ0v) is 6.25. The zero-order chi connectivity index (χ0) is 8.27. The van der Waals surface area contributed by atoms with Crippen molar-refractivity contribution in [1.82, 2.24) is 9.55 Å². The molecule has 1 aromatic heterocycles. The Labute approximate surface area is 68.1 Å². The van der Waals surface area contributed by atoms with Gasteiger partial charge in [0.1, 0.15) is 0 Å². The maximum Gasteiger partial charge on any atom is 0.289 e. The van der Waals surface area contributed by atoms with Crippen LogP contribution in [0.25, 0.3) is 0 Å². The van der Waals surface area contributed by atoms with Crippen LogP contribution in [0.4, 0.5) is 10.7 Å². The molecular weight excluding hydrogens is 164 g/mol. The first-order valence-corrected chi connectivity index (χ1v) is 3.12. The first kappa shape index (κ1) is 7.63. The summed E-state index contributed by atoms with van der Waals surface area (Å²) in [5, 5.41) is 9.93. The van der Waals surface area contributed by atoms with E-state index in [1.807, 2.05) is 0 Å². The molecule has 1 heterocycles. The molecule has 5 nitrogen and oxygen atoms in total. The van der Waals surface area contributed by atoms with Crippen molar-refractivity contribution in [1.29, 1.82) is 5.26 Å². The normalized spacial score (nSPS) is 8.73. The van der Waals surface area contributed by atoms with E-state index < -0.39 is 5.24 Å². The summed E-state index contributed by atoms with van der Waals surface area (Å²) in [6.45, 7) is 0. The van der Waals surface area contributed by atoms with Gasteiger partial charge in [0, 0.05) is 12.4 Å². The second-order valence-electron chi connectivity index (χ2n) is 1.64. The minimum Gasteiger partial charge on any atom is -0.262 e. The summed E-state index contributed by atoms with van der Waals surface area (Å²) in [4.78, 5) is 14.3. The van der Waals surface area contributed by atoms with Crippen molar-refractivity contribution in [3.63, 3.8) is 0 Å². The van der Waals surface area contributed by atoms with Crippen molar-refractivity contribution in [3.05, 3.63) is 12.4 Å². The molecule has 0 aliphatic rings. The standard InChI is InChI=1S/C5H4N4OS/c6-3-8-4-7-1-2-9(4)5(10)11/h1-2H,(H,7,8)(H,10,11). The molecule has 0 atom stereocenters. The molecule has 0 aliphatic heterocycles. The van der Waals surface area contributed by atoms with Gasteiger partial charge in [-0.05, 0) is 0 Å². The SMILES string of the molecule is N#CNc1nccn1C(=O)S. The highest BCUT2D eigenvalue weighted by Gasteiger charge is 2.04. The number of hydrogen-bond acceptors (Lipinski definition) is 4. The minimum atomic E-state index is -0.486. The van der Waals surface area contributed by atoms with E-state index in [1.165, 1.54) is 12.4 Å². The highest BCUT2D eigenvalue weighted by atomic mass is 32.1. The molecule has 1 N–H and O–H groups in total. The van der Waals surface area contributed by atoms with Crippen LogP contribution in [0, 0.1) is 11.5 Å². The number of nitriles is 1. The number of thiol groups is 1. The Morgan fingerprint density at radius 1 is 1.91 bits per heavy atom. The second-order valence-corrected chi connectivity index (χ2v) is 2.02. The largest absolute Gasteiger partial charge is 0.289 e. The van der Waals surface area contributed by atoms with E-state index in [0.29, 0.717) is 0 Å². The van der Waals surface area contributed by atoms with Gasteiger partial charge in [-0.1, -0.05) is 12.6 Å². The van der Waals surface area contributed by atoms with E-state index in [0.717, 1.165) is 4.57 Å². The maximum absolute atomic E-state index is 10.6. The predicted molar refractivity (Wildman–Crippen MR) is 41.2 cm³/mol. The monoisotopic (exact) mass is 168 g/mol. The molecule has 0 radical (unpaired) electrons. The molecule has 0 saturated heterocycles. The topological polar surface area (TPSA) is 70.7 Å². The van der Waals surface area contributed by atoms with Gasteiger partial charge in [0.05, 0.1) is 0 Å². The summed E-state index contributed by atoms with van der Waals surface area (Å²) in [5.41, 5.74) is 0. The van der Waals surface area contributed by atoms with Crippen LogP contribution in [0.3, 0.4) is 0 Å². The van der Waals surface area contributed by atoms with Crippen molar-refractivity contribution >= 4 is 23.8 Å². The van der Waals surface area contributed by atoms with Gasteiger partial charge >= 0.3 is 0 Å². The highest BCUT2D eigenvalue weighted by molar-refractivity contribution is 7.96. The lowest BCUT2D eigenvalue weighted by Crippen LogP contribution is -2.05. The van der Waals surface area contributed by atoms with Gasteiger partial charge in [0.2, 0.25) is 5.95 Å². The molecule has 1 aromatic rings. The van der Waals surface area contributed by atoms with Crippen LogP contribution in [0.5, 0.6) is 0 Å². The fourth-order valence-electron chi connectivity index (χ4n) is 0.600. The fourth-order valence-corrected chi connectivity index (χ4v) is 0.762. The van der Waals surface area contributed by atoms with Gasteiger partial charge in [0.25, 0.3) is 5.24 Å². The van der Waals surface area contributed by atoms with E-state index in [1.54, 1.807) is 6.19 Å². The van der Waals surface area contributed by atoms with Crippen molar-refractivity contribution in [2.75, 3.05) is 5.32 Å². The molecule has 0 saturated carbocycles. The Bertz CT molecular complexity index is 313. The Morgan fingerprint density at radius 2 is 2.64 bits per heavy atom. The Morgan fingerprint density at radius 3 is 3.18 bits per heavy atom. The molecule has 1 rings (SSSR count). The summed E-state index contributed by atoms with van der Waals surface area (Å²) in [6, 6.07) is 0. The van der Waals surface area contributed by atoms with Gasteiger partial charge in [-0.25, -0.2) is 9.55 Å². The smallest absolute Gasteiger partial charge is 0.262 e. The van der Waals surface area contributed by atoms with Gasteiger partial charge in [-0.15, -0.1) is 0 Å². The van der Waals surface area contributed by atoms with Crippen molar-refractivity contribution in [3.8, 4) is 6.19 Å². The van der Waals surface area contributed by atoms with Crippen molar-refractivity contribution < 1.29 is 4.79 Å². The van der Waals surface area contributed by atoms with Gasteiger partial charge < -0.3 is 0 Å². The quantitative estimate of drug-likeness (QED) is 0.367. The average Bonchev–Trinajstić information content (AvgIpc) is 2.36. The minimum absolute atomic E-state index is 0.174. The molecular formula is C5H4N4OS. The lowest BCUT2D eigenvalue weighted by molar-refractivity contribution is 0.262. The lowest BCUT2D eigenvalue weighted by Gasteiger charge is -1.96. The molecule has 6 heteroatoms. The zero-order valence-electron chi connectivity index (χ0n) is 5.35. The first-order valence-electron chi connectivity index (χ1n) is 2.67. The van der Waals surface area contributed by atoms with E-state index in [-0.39, 0.29) is 5.95 Å². The number of rotatable bonds is 1. The number of imidazole rings is 1. The Balaban J connectivity index is 2.98. The summed E-state index contributed by atoms with van der Waals surface area (Å²) in [5.74, 6) is 0.174. The van der Waals surface area contributed by atoms with Crippen molar-refractivity contribution in [2.24, 2.45) is 0 Å². The predicted octanol–water partition coefficient (Wildman–Crippen LogP) is 0.674. The van der Waals surface area contributed by atoms with E-state index >= 15 is 0 Å². The van der Waals surface area contributed by atoms with Crippen LogP contribution >= 0.6 is 12.6 Å². The van der Waals surface area contributed by atoms with E-state index in [9.17, 15) is 4.79 Å². The van der Waals surface area contributed by atoms with Gasteiger partial charge in [0.15, 0.2) is 6.19 Å². The van der Waals surface area contributed by atoms with Gasteiger partial charge in [-0.3, -0.25) is 10.1 Å². The van der Waals surface area contributed by atoms with Crippen LogP contribution < -0.4 is 5.32 Å². The number of nitrogens with zero attached hydrogens (tertiary/aromatic N) is 3. The summed E-state index contributed by atoms with van der Waals surface area (Å²) >= 11 is 3.55. The van der Waals surface area contributed by atoms with Gasteiger partial charge in [-0.2, -0.15) is 5.26 Å². The number of aromatic nitrogens is 2.